The first-order valence-corrected chi connectivity index (χ1v) is 6.95. The fourth-order valence-electron chi connectivity index (χ4n) is 1.65. The van der Waals surface area contributed by atoms with Crippen LogP contribution in [0.15, 0.2) is 29.4 Å². The summed E-state index contributed by atoms with van der Waals surface area (Å²) in [5.41, 5.74) is 6.06. The topological polar surface area (TPSA) is 87.9 Å². The number of rotatable bonds is 5. The van der Waals surface area contributed by atoms with Crippen LogP contribution in [-0.2, 0) is 4.79 Å². The largest absolute Gasteiger partial charge is 0.368 e. The third-order valence-electron chi connectivity index (χ3n) is 2.56. The Bertz CT molecular complexity index is 586. The van der Waals surface area contributed by atoms with Crippen LogP contribution in [0.5, 0.6) is 0 Å². The lowest BCUT2D eigenvalue weighted by Gasteiger charge is -2.20. The molecule has 0 aliphatic heterocycles. The van der Waals surface area contributed by atoms with E-state index in [1.807, 2.05) is 6.92 Å². The number of H-pyrrole nitrogens is 1. The molecule has 1 aromatic heterocycles. The van der Waals surface area contributed by atoms with E-state index >= 15 is 0 Å². The lowest BCUT2D eigenvalue weighted by Crippen LogP contribution is -2.32. The molecule has 106 valence electrons. The monoisotopic (exact) mass is 295 g/mol. The second-order valence-electron chi connectivity index (χ2n) is 3.91. The van der Waals surface area contributed by atoms with Crippen LogP contribution in [0.1, 0.15) is 6.92 Å². The summed E-state index contributed by atoms with van der Waals surface area (Å²) in [6, 6.07) is 5.81. The predicted molar refractivity (Wildman–Crippen MR) is 75.9 cm³/mol. The summed E-state index contributed by atoms with van der Waals surface area (Å²) in [7, 11) is 0. The summed E-state index contributed by atoms with van der Waals surface area (Å²) in [5.74, 6) is -0.0381. The number of thioether (sulfide) groups is 1. The van der Waals surface area contributed by atoms with Crippen LogP contribution in [-0.4, -0.2) is 33.4 Å². The number of hydrogen-bond donors (Lipinski definition) is 2. The molecule has 20 heavy (non-hydrogen) atoms. The predicted octanol–water partition coefficient (Wildman–Crippen LogP) is 1.67. The Morgan fingerprint density at radius 3 is 2.70 bits per heavy atom. The highest BCUT2D eigenvalue weighted by molar-refractivity contribution is 7.99. The number of hydrogen-bond acceptors (Lipinski definition) is 5. The van der Waals surface area contributed by atoms with Gasteiger partial charge in [0.2, 0.25) is 17.0 Å². The number of carbonyl (C=O) groups is 1. The zero-order valence-corrected chi connectivity index (χ0v) is 11.7. The highest BCUT2D eigenvalue weighted by atomic mass is 32.2. The molecule has 3 N–H and O–H groups in total. The van der Waals surface area contributed by atoms with Crippen molar-refractivity contribution < 1.29 is 9.18 Å². The maximum atomic E-state index is 12.9. The highest BCUT2D eigenvalue weighted by Gasteiger charge is 2.15. The number of nitrogen functional groups attached to an aromatic ring is 1. The number of benzene rings is 1. The minimum atomic E-state index is -0.331. The zero-order chi connectivity index (χ0) is 14.5. The van der Waals surface area contributed by atoms with Gasteiger partial charge >= 0.3 is 0 Å². The molecule has 0 aliphatic rings. The minimum absolute atomic E-state index is 0.104. The van der Waals surface area contributed by atoms with E-state index in [2.05, 4.69) is 15.2 Å². The molecule has 0 fully saturated rings. The van der Waals surface area contributed by atoms with Crippen LogP contribution in [0.2, 0.25) is 0 Å². The molecule has 0 bridgehead atoms. The van der Waals surface area contributed by atoms with Gasteiger partial charge in [0.25, 0.3) is 0 Å². The van der Waals surface area contributed by atoms with Gasteiger partial charge in [-0.1, -0.05) is 11.8 Å². The molecule has 0 unspecified atom stereocenters. The first-order valence-electron chi connectivity index (χ1n) is 5.96. The maximum Gasteiger partial charge on any atom is 0.237 e. The van der Waals surface area contributed by atoms with Crippen LogP contribution in [0, 0.1) is 5.82 Å². The standard InChI is InChI=1S/C12H14FN5OS/c1-2-18(9-5-3-8(13)4-6-9)10(19)7-20-12-15-11(14)16-17-12/h3-6H,2,7H2,1H3,(H3,14,15,16,17). The molecular weight excluding hydrogens is 281 g/mol. The van der Waals surface area contributed by atoms with E-state index < -0.39 is 0 Å². The number of aromatic amines is 1. The van der Waals surface area contributed by atoms with Gasteiger partial charge in [0.1, 0.15) is 5.82 Å². The van der Waals surface area contributed by atoms with Crippen LogP contribution in [0.3, 0.4) is 0 Å². The Kier molecular flexibility index (Phi) is 4.57. The Morgan fingerprint density at radius 2 is 2.15 bits per heavy atom. The molecule has 0 aliphatic carbocycles. The molecule has 0 saturated carbocycles. The molecular formula is C12H14FN5OS. The Balaban J connectivity index is 2.00. The van der Waals surface area contributed by atoms with Gasteiger partial charge in [0, 0.05) is 12.2 Å². The lowest BCUT2D eigenvalue weighted by molar-refractivity contribution is -0.116. The van der Waals surface area contributed by atoms with Crippen LogP contribution < -0.4 is 10.6 Å². The van der Waals surface area contributed by atoms with Crippen molar-refractivity contribution in [3.63, 3.8) is 0 Å². The van der Waals surface area contributed by atoms with Gasteiger partial charge in [-0.15, -0.1) is 5.10 Å². The number of nitrogens with zero attached hydrogens (tertiary/aromatic N) is 3. The summed E-state index contributed by atoms with van der Waals surface area (Å²) >= 11 is 1.19. The van der Waals surface area contributed by atoms with Gasteiger partial charge in [-0.05, 0) is 31.2 Å². The van der Waals surface area contributed by atoms with E-state index in [9.17, 15) is 9.18 Å². The fraction of sp³-hybridized carbons (Fsp3) is 0.250. The second-order valence-corrected chi connectivity index (χ2v) is 4.85. The van der Waals surface area contributed by atoms with Crippen LogP contribution in [0.25, 0.3) is 0 Å². The quantitative estimate of drug-likeness (QED) is 0.819. The SMILES string of the molecule is CCN(C(=O)CSc1n[nH]c(N)n1)c1ccc(F)cc1. The van der Waals surface area contributed by atoms with E-state index in [1.165, 1.54) is 23.9 Å². The molecule has 2 aromatic rings. The van der Waals surface area contributed by atoms with Gasteiger partial charge in [-0.3, -0.25) is 4.79 Å². The number of nitrogens with one attached hydrogen (secondary N) is 1. The average molecular weight is 295 g/mol. The fourth-order valence-corrected chi connectivity index (χ4v) is 2.33. The van der Waals surface area contributed by atoms with E-state index in [-0.39, 0.29) is 23.4 Å². The van der Waals surface area contributed by atoms with Gasteiger partial charge in [0.15, 0.2) is 0 Å². The summed E-state index contributed by atoms with van der Waals surface area (Å²) in [4.78, 5) is 17.6. The molecule has 0 spiro atoms. The second kappa shape index (κ2) is 6.38. The van der Waals surface area contributed by atoms with Gasteiger partial charge in [-0.2, -0.15) is 4.98 Å². The van der Waals surface area contributed by atoms with Crippen molar-refractivity contribution in [2.24, 2.45) is 0 Å². The number of amides is 1. The Labute approximate surface area is 119 Å². The molecule has 0 saturated heterocycles. The van der Waals surface area contributed by atoms with Crippen molar-refractivity contribution in [1.29, 1.82) is 0 Å². The minimum Gasteiger partial charge on any atom is -0.368 e. The van der Waals surface area contributed by atoms with Crippen molar-refractivity contribution >= 4 is 29.3 Å². The number of nitrogens with two attached hydrogens (primary N) is 1. The molecule has 0 radical (unpaired) electrons. The van der Waals surface area contributed by atoms with Crippen LogP contribution >= 0.6 is 11.8 Å². The first kappa shape index (κ1) is 14.3. The van der Waals surface area contributed by atoms with Crippen molar-refractivity contribution in [2.45, 2.75) is 12.1 Å². The molecule has 1 amide bonds. The smallest absolute Gasteiger partial charge is 0.237 e. The molecule has 2 rings (SSSR count). The molecule has 0 atom stereocenters. The third-order valence-corrected chi connectivity index (χ3v) is 3.39. The average Bonchev–Trinajstić information content (AvgIpc) is 2.85. The first-order chi connectivity index (χ1) is 9.60. The molecule has 6 nitrogen and oxygen atoms in total. The van der Waals surface area contributed by atoms with Crippen LogP contribution in [0.4, 0.5) is 16.0 Å². The normalized spacial score (nSPS) is 10.5. The molecule has 1 heterocycles. The van der Waals surface area contributed by atoms with E-state index in [0.717, 1.165) is 0 Å². The molecule has 8 heteroatoms. The van der Waals surface area contributed by atoms with Crippen molar-refractivity contribution in [3.8, 4) is 0 Å². The summed E-state index contributed by atoms with van der Waals surface area (Å²) in [6.45, 7) is 2.36. The van der Waals surface area contributed by atoms with E-state index in [1.54, 1.807) is 17.0 Å². The number of aromatic nitrogens is 3. The van der Waals surface area contributed by atoms with Gasteiger partial charge in [0.05, 0.1) is 5.75 Å². The summed E-state index contributed by atoms with van der Waals surface area (Å²) in [6.07, 6.45) is 0. The summed E-state index contributed by atoms with van der Waals surface area (Å²) < 4.78 is 12.9. The van der Waals surface area contributed by atoms with Crippen molar-refractivity contribution in [1.82, 2.24) is 15.2 Å². The van der Waals surface area contributed by atoms with Gasteiger partial charge in [-0.25, -0.2) is 9.49 Å². The molecule has 1 aromatic carbocycles. The maximum absolute atomic E-state index is 12.9. The van der Waals surface area contributed by atoms with E-state index in [4.69, 9.17) is 5.73 Å². The van der Waals surface area contributed by atoms with Crippen molar-refractivity contribution in [3.05, 3.63) is 30.1 Å². The Morgan fingerprint density at radius 1 is 1.45 bits per heavy atom. The zero-order valence-electron chi connectivity index (χ0n) is 10.8. The Hall–Kier alpha value is -2.09. The van der Waals surface area contributed by atoms with E-state index in [0.29, 0.717) is 17.4 Å². The van der Waals surface area contributed by atoms with Crippen molar-refractivity contribution in [2.75, 3.05) is 22.9 Å². The number of carbonyl (C=O) groups excluding carboxylic acids is 1. The third kappa shape index (κ3) is 3.47. The van der Waals surface area contributed by atoms with Gasteiger partial charge < -0.3 is 10.6 Å². The number of halogens is 1. The lowest BCUT2D eigenvalue weighted by atomic mass is 10.3. The summed E-state index contributed by atoms with van der Waals surface area (Å²) in [5, 5.41) is 6.76. The number of anilines is 2. The highest BCUT2D eigenvalue weighted by Crippen LogP contribution is 2.18.